The van der Waals surface area contributed by atoms with Crippen LogP contribution in [-0.2, 0) is 10.0 Å². The molecule has 3 aromatic rings. The van der Waals surface area contributed by atoms with Crippen LogP contribution in [0.5, 0.6) is 0 Å². The van der Waals surface area contributed by atoms with Crippen LogP contribution < -0.4 is 4.90 Å². The highest BCUT2D eigenvalue weighted by Crippen LogP contribution is 2.47. The summed E-state index contributed by atoms with van der Waals surface area (Å²) in [5, 5.41) is 9.16. The van der Waals surface area contributed by atoms with Gasteiger partial charge in [0, 0.05) is 25.4 Å². The highest BCUT2D eigenvalue weighted by Gasteiger charge is 2.50. The number of para-hydroxylation sites is 2. The van der Waals surface area contributed by atoms with Crippen LogP contribution in [-0.4, -0.2) is 52.9 Å². The first-order chi connectivity index (χ1) is 15.0. The Hall–Kier alpha value is -2.67. The third-order valence-electron chi connectivity index (χ3n) is 5.98. The third-order valence-corrected chi connectivity index (χ3v) is 9.61. The Morgan fingerprint density at radius 2 is 1.81 bits per heavy atom. The molecule has 31 heavy (non-hydrogen) atoms. The monoisotopic (exact) mass is 451 g/mol. The van der Waals surface area contributed by atoms with Crippen LogP contribution in [0, 0.1) is 11.3 Å². The van der Waals surface area contributed by atoms with Gasteiger partial charge in [0.15, 0.2) is 0 Å². The predicted octanol–water partition coefficient (Wildman–Crippen LogP) is 3.24. The fraction of sp³-hybridized carbons (Fsp3) is 0.318. The molecule has 7 nitrogen and oxygen atoms in total. The molecule has 0 saturated carbocycles. The minimum absolute atomic E-state index is 0.191. The summed E-state index contributed by atoms with van der Waals surface area (Å²) >= 11 is 1.72. The number of nitriles is 1. The van der Waals surface area contributed by atoms with E-state index in [1.807, 2.05) is 30.3 Å². The van der Waals surface area contributed by atoms with Crippen molar-refractivity contribution in [2.24, 2.45) is 0 Å². The number of nitrogens with zero attached hydrogens (tertiary/aromatic N) is 5. The number of benzene rings is 2. The zero-order chi connectivity index (χ0) is 21.5. The van der Waals surface area contributed by atoms with Crippen LogP contribution in [0.4, 0.5) is 5.82 Å². The zero-order valence-corrected chi connectivity index (χ0v) is 18.4. The molecule has 1 aromatic heterocycles. The summed E-state index contributed by atoms with van der Waals surface area (Å²) in [6.45, 7) is 1.91. The van der Waals surface area contributed by atoms with Crippen molar-refractivity contribution in [2.75, 3.05) is 30.3 Å². The van der Waals surface area contributed by atoms with Crippen molar-refractivity contribution in [1.82, 2.24) is 14.3 Å². The fourth-order valence-electron chi connectivity index (χ4n) is 4.37. The van der Waals surface area contributed by atoms with Crippen LogP contribution in [0.15, 0.2) is 59.6 Å². The van der Waals surface area contributed by atoms with Gasteiger partial charge in [-0.15, -0.1) is 11.8 Å². The Balaban J connectivity index is 1.38. The standard InChI is InChI=1S/C22H21N5O2S2/c23-15-17-4-3-5-18(14-17)31(28,29)27-12-13-30-22(27)8-10-26(11-9-22)21-16-24-19-6-1-2-7-20(19)25-21/h1-7,14,16H,8-13H2. The number of thioether (sulfide) groups is 1. The van der Waals surface area contributed by atoms with Crippen LogP contribution in [0.3, 0.4) is 0 Å². The normalized spacial score (nSPS) is 19.0. The van der Waals surface area contributed by atoms with E-state index in [-0.39, 0.29) is 4.90 Å². The SMILES string of the molecule is N#Cc1cccc(S(=O)(=O)N2CCSC23CCN(c2cnc4ccccc4n2)CC3)c1. The van der Waals surface area contributed by atoms with Gasteiger partial charge in [0.25, 0.3) is 0 Å². The summed E-state index contributed by atoms with van der Waals surface area (Å²) in [5.41, 5.74) is 2.08. The highest BCUT2D eigenvalue weighted by molar-refractivity contribution is 8.02. The molecule has 2 saturated heterocycles. The van der Waals surface area contributed by atoms with Crippen molar-refractivity contribution >= 4 is 38.6 Å². The first kappa shape index (κ1) is 20.2. The summed E-state index contributed by atoms with van der Waals surface area (Å²) < 4.78 is 28.5. The maximum atomic E-state index is 13.4. The Labute approximate surface area is 185 Å². The molecule has 0 bridgehead atoms. The number of piperidine rings is 1. The number of aromatic nitrogens is 2. The lowest BCUT2D eigenvalue weighted by molar-refractivity contribution is 0.266. The first-order valence-corrected chi connectivity index (χ1v) is 12.6. The maximum absolute atomic E-state index is 13.4. The second-order valence-electron chi connectivity index (χ2n) is 7.72. The third kappa shape index (κ3) is 3.55. The molecule has 0 radical (unpaired) electrons. The highest BCUT2D eigenvalue weighted by atomic mass is 32.2. The number of hydrogen-bond acceptors (Lipinski definition) is 7. The van der Waals surface area contributed by atoms with Crippen molar-refractivity contribution < 1.29 is 8.42 Å². The number of sulfonamides is 1. The van der Waals surface area contributed by atoms with Gasteiger partial charge in [-0.2, -0.15) is 9.57 Å². The molecule has 0 amide bonds. The van der Waals surface area contributed by atoms with E-state index in [2.05, 4.69) is 9.88 Å². The molecule has 2 fully saturated rings. The lowest BCUT2D eigenvalue weighted by Crippen LogP contribution is -2.52. The molecule has 0 atom stereocenters. The second kappa shape index (κ2) is 7.79. The molecule has 1 spiro atoms. The fourth-order valence-corrected chi connectivity index (χ4v) is 8.03. The molecular weight excluding hydrogens is 430 g/mol. The van der Waals surface area contributed by atoms with Crippen molar-refractivity contribution in [3.05, 3.63) is 60.3 Å². The lowest BCUT2D eigenvalue weighted by atomic mass is 10.0. The molecule has 2 aromatic carbocycles. The van der Waals surface area contributed by atoms with Gasteiger partial charge in [-0.05, 0) is 43.2 Å². The van der Waals surface area contributed by atoms with Gasteiger partial charge >= 0.3 is 0 Å². The molecule has 0 N–H and O–H groups in total. The van der Waals surface area contributed by atoms with Crippen molar-refractivity contribution in [2.45, 2.75) is 22.6 Å². The average Bonchev–Trinajstić information content (AvgIpc) is 3.23. The van der Waals surface area contributed by atoms with Gasteiger partial charge in [-0.3, -0.25) is 4.98 Å². The van der Waals surface area contributed by atoms with Gasteiger partial charge in [0.1, 0.15) is 5.82 Å². The molecule has 5 rings (SSSR count). The predicted molar refractivity (Wildman–Crippen MR) is 121 cm³/mol. The number of hydrogen-bond donors (Lipinski definition) is 0. The Morgan fingerprint density at radius 1 is 1.03 bits per heavy atom. The Morgan fingerprint density at radius 3 is 2.58 bits per heavy atom. The molecule has 0 aliphatic carbocycles. The van der Waals surface area contributed by atoms with Crippen molar-refractivity contribution in [3.8, 4) is 6.07 Å². The summed E-state index contributed by atoms with van der Waals surface area (Å²) in [6, 6.07) is 16.1. The van der Waals surface area contributed by atoms with E-state index >= 15 is 0 Å². The van der Waals surface area contributed by atoms with E-state index in [4.69, 9.17) is 10.2 Å². The summed E-state index contributed by atoms with van der Waals surface area (Å²) in [4.78, 5) is 11.2. The maximum Gasteiger partial charge on any atom is 0.244 e. The van der Waals surface area contributed by atoms with Gasteiger partial charge in [-0.25, -0.2) is 13.4 Å². The molecule has 3 heterocycles. The van der Waals surface area contributed by atoms with Crippen LogP contribution in [0.2, 0.25) is 0 Å². The molecule has 2 aliphatic heterocycles. The first-order valence-electron chi connectivity index (χ1n) is 10.2. The van der Waals surface area contributed by atoms with E-state index in [9.17, 15) is 8.42 Å². The number of anilines is 1. The Kier molecular flexibility index (Phi) is 5.08. The molecule has 2 aliphatic rings. The van der Waals surface area contributed by atoms with E-state index in [1.54, 1.807) is 40.5 Å². The minimum atomic E-state index is -3.68. The number of rotatable bonds is 3. The topological polar surface area (TPSA) is 90.2 Å². The molecule has 9 heteroatoms. The van der Waals surface area contributed by atoms with Gasteiger partial charge in [0.05, 0.1) is 38.6 Å². The number of fused-ring (bicyclic) bond motifs is 1. The van der Waals surface area contributed by atoms with E-state index in [1.165, 1.54) is 6.07 Å². The van der Waals surface area contributed by atoms with Crippen molar-refractivity contribution in [1.29, 1.82) is 5.26 Å². The average molecular weight is 452 g/mol. The van der Waals surface area contributed by atoms with Crippen LogP contribution in [0.1, 0.15) is 18.4 Å². The molecule has 158 valence electrons. The quantitative estimate of drug-likeness (QED) is 0.604. The minimum Gasteiger partial charge on any atom is -0.355 e. The van der Waals surface area contributed by atoms with Gasteiger partial charge < -0.3 is 4.90 Å². The van der Waals surface area contributed by atoms with E-state index in [0.29, 0.717) is 38.0 Å². The Bertz CT molecular complexity index is 1280. The molecular formula is C22H21N5O2S2. The summed E-state index contributed by atoms with van der Waals surface area (Å²) in [6.07, 6.45) is 3.22. The second-order valence-corrected chi connectivity index (χ2v) is 11.0. The van der Waals surface area contributed by atoms with Crippen molar-refractivity contribution in [3.63, 3.8) is 0 Å². The summed E-state index contributed by atoms with van der Waals surface area (Å²) in [5.74, 6) is 1.60. The largest absolute Gasteiger partial charge is 0.355 e. The lowest BCUT2D eigenvalue weighted by Gasteiger charge is -2.43. The van der Waals surface area contributed by atoms with E-state index < -0.39 is 14.9 Å². The van der Waals surface area contributed by atoms with Gasteiger partial charge in [0.2, 0.25) is 10.0 Å². The molecule has 0 unspecified atom stereocenters. The van der Waals surface area contributed by atoms with Gasteiger partial charge in [-0.1, -0.05) is 18.2 Å². The summed E-state index contributed by atoms with van der Waals surface area (Å²) in [7, 11) is -3.68. The van der Waals surface area contributed by atoms with Crippen LogP contribution in [0.25, 0.3) is 11.0 Å². The smallest absolute Gasteiger partial charge is 0.244 e. The van der Waals surface area contributed by atoms with Crippen LogP contribution >= 0.6 is 11.8 Å². The zero-order valence-electron chi connectivity index (χ0n) is 16.8. The van der Waals surface area contributed by atoms with E-state index in [0.717, 1.165) is 22.6 Å².